The molecule has 1 aliphatic heterocycles. The minimum Gasteiger partial charge on any atom is -0.389 e. The third kappa shape index (κ3) is 7.36. The number of anilines is 1. The second kappa shape index (κ2) is 11.8. The molecular weight excluding hydrogens is 456 g/mol. The summed E-state index contributed by atoms with van der Waals surface area (Å²) in [5.41, 5.74) is 3.39. The molecule has 1 unspecified atom stereocenters. The summed E-state index contributed by atoms with van der Waals surface area (Å²) in [4.78, 5) is 37.3. The Labute approximate surface area is 212 Å². The highest BCUT2D eigenvalue weighted by Gasteiger charge is 2.21. The summed E-state index contributed by atoms with van der Waals surface area (Å²) < 4.78 is 0. The first kappa shape index (κ1) is 26.8. The standard InChI is InChI=1S/C27H34N6O3/c1-6-17(18-7-20(27(2,3)4)11-21(8-18)28-5)10-23(34)14-30-25(36)19-9-22(13-29-12-19)33-26-31-15-24(35)16-32-26/h7-9,11-13,17,24,35H,6,10,14-16H2,1-4H3,(H,30,36)(H2,31,32,33)/t17-/m1/s1. The van der Waals surface area contributed by atoms with E-state index in [1.807, 2.05) is 19.1 Å². The lowest BCUT2D eigenvalue weighted by atomic mass is 9.82. The van der Waals surface area contributed by atoms with Crippen LogP contribution in [-0.2, 0) is 10.2 Å². The molecule has 36 heavy (non-hydrogen) atoms. The number of aliphatic hydroxyl groups is 1. The molecule has 2 heterocycles. The van der Waals surface area contributed by atoms with Crippen molar-refractivity contribution in [2.45, 2.75) is 58.0 Å². The molecule has 1 aromatic heterocycles. The van der Waals surface area contributed by atoms with Crippen LogP contribution in [0, 0.1) is 6.57 Å². The molecule has 2 atom stereocenters. The number of benzene rings is 1. The normalized spacial score (nSPS) is 16.2. The van der Waals surface area contributed by atoms with E-state index in [9.17, 15) is 14.7 Å². The molecule has 0 saturated heterocycles. The van der Waals surface area contributed by atoms with Gasteiger partial charge in [0.15, 0.2) is 17.4 Å². The maximum atomic E-state index is 12.8. The van der Waals surface area contributed by atoms with E-state index < -0.39 is 12.0 Å². The summed E-state index contributed by atoms with van der Waals surface area (Å²) in [6.45, 7) is 16.4. The number of hydrogen-bond acceptors (Lipinski definition) is 7. The number of Topliss-reactive ketones (excluding diaryl/α,β-unsaturated/α-hetero) is 1. The van der Waals surface area contributed by atoms with E-state index in [-0.39, 0.29) is 30.1 Å². The zero-order valence-corrected chi connectivity index (χ0v) is 21.3. The Morgan fingerprint density at radius 3 is 2.67 bits per heavy atom. The molecule has 0 radical (unpaired) electrons. The monoisotopic (exact) mass is 490 g/mol. The summed E-state index contributed by atoms with van der Waals surface area (Å²) in [5, 5.41) is 18.2. The molecule has 1 aromatic carbocycles. The fourth-order valence-corrected chi connectivity index (χ4v) is 3.88. The van der Waals surface area contributed by atoms with Crippen LogP contribution in [0.5, 0.6) is 0 Å². The number of rotatable bonds is 8. The third-order valence-corrected chi connectivity index (χ3v) is 6.05. The van der Waals surface area contributed by atoms with Gasteiger partial charge in [-0.15, -0.1) is 0 Å². The Kier molecular flexibility index (Phi) is 8.78. The zero-order valence-electron chi connectivity index (χ0n) is 21.3. The van der Waals surface area contributed by atoms with Crippen LogP contribution in [0.3, 0.4) is 0 Å². The number of guanidine groups is 1. The lowest BCUT2D eigenvalue weighted by Gasteiger charge is -2.23. The molecule has 4 N–H and O–H groups in total. The minimum atomic E-state index is -0.521. The molecule has 2 aromatic rings. The molecule has 1 amide bonds. The number of nitrogens with zero attached hydrogens (tertiary/aromatic N) is 3. The highest BCUT2D eigenvalue weighted by Crippen LogP contribution is 2.33. The first-order valence-electron chi connectivity index (χ1n) is 12.1. The van der Waals surface area contributed by atoms with Gasteiger partial charge < -0.3 is 21.1 Å². The molecule has 0 bridgehead atoms. The average Bonchev–Trinajstić information content (AvgIpc) is 2.86. The Hall–Kier alpha value is -3.77. The van der Waals surface area contributed by atoms with Gasteiger partial charge in [0.2, 0.25) is 0 Å². The maximum Gasteiger partial charge on any atom is 0.253 e. The first-order valence-corrected chi connectivity index (χ1v) is 12.1. The van der Waals surface area contributed by atoms with Crippen LogP contribution in [0.1, 0.15) is 67.9 Å². The van der Waals surface area contributed by atoms with Gasteiger partial charge in [0.1, 0.15) is 0 Å². The van der Waals surface area contributed by atoms with Gasteiger partial charge in [-0.2, -0.15) is 0 Å². The molecule has 0 aliphatic carbocycles. The number of amides is 1. The number of carbonyl (C=O) groups is 2. The van der Waals surface area contributed by atoms with Crippen molar-refractivity contribution in [2.75, 3.05) is 25.0 Å². The second-order valence-electron chi connectivity index (χ2n) is 10.0. The van der Waals surface area contributed by atoms with Gasteiger partial charge in [-0.05, 0) is 23.8 Å². The van der Waals surface area contributed by atoms with Crippen LogP contribution in [0.15, 0.2) is 41.7 Å². The van der Waals surface area contributed by atoms with Crippen molar-refractivity contribution >= 4 is 29.0 Å². The molecule has 9 nitrogen and oxygen atoms in total. The van der Waals surface area contributed by atoms with Crippen molar-refractivity contribution in [3.63, 3.8) is 0 Å². The number of ketones is 1. The highest BCUT2D eigenvalue weighted by atomic mass is 16.3. The lowest BCUT2D eigenvalue weighted by molar-refractivity contribution is -0.118. The minimum absolute atomic E-state index is 0.0336. The fourth-order valence-electron chi connectivity index (χ4n) is 3.88. The maximum absolute atomic E-state index is 12.8. The van der Waals surface area contributed by atoms with Gasteiger partial charge in [0, 0.05) is 19.2 Å². The number of nitrogens with one attached hydrogen (secondary N) is 3. The Bertz CT molecular complexity index is 1180. The van der Waals surface area contributed by atoms with Crippen LogP contribution in [-0.4, -0.2) is 53.5 Å². The van der Waals surface area contributed by atoms with E-state index in [1.54, 1.807) is 12.3 Å². The van der Waals surface area contributed by atoms with E-state index in [0.29, 0.717) is 36.0 Å². The number of aliphatic hydroxyl groups excluding tert-OH is 1. The average molecular weight is 491 g/mol. The van der Waals surface area contributed by atoms with E-state index in [1.165, 1.54) is 6.20 Å². The van der Waals surface area contributed by atoms with Crippen LogP contribution >= 0.6 is 0 Å². The predicted molar refractivity (Wildman–Crippen MR) is 141 cm³/mol. The summed E-state index contributed by atoms with van der Waals surface area (Å²) in [6.07, 6.45) is 3.50. The summed E-state index contributed by atoms with van der Waals surface area (Å²) in [5.74, 6) is -0.0140. The van der Waals surface area contributed by atoms with E-state index >= 15 is 0 Å². The Morgan fingerprint density at radius 2 is 2.03 bits per heavy atom. The smallest absolute Gasteiger partial charge is 0.253 e. The van der Waals surface area contributed by atoms with E-state index in [4.69, 9.17) is 6.57 Å². The van der Waals surface area contributed by atoms with Crippen LogP contribution in [0.2, 0.25) is 0 Å². The van der Waals surface area contributed by atoms with Crippen molar-refractivity contribution < 1.29 is 14.7 Å². The number of carbonyl (C=O) groups excluding carboxylic acids is 2. The lowest BCUT2D eigenvalue weighted by Crippen LogP contribution is -2.42. The van der Waals surface area contributed by atoms with Gasteiger partial charge in [-0.3, -0.25) is 19.6 Å². The van der Waals surface area contributed by atoms with E-state index in [0.717, 1.165) is 17.5 Å². The summed E-state index contributed by atoms with van der Waals surface area (Å²) in [7, 11) is 0. The summed E-state index contributed by atoms with van der Waals surface area (Å²) in [6, 6.07) is 7.48. The third-order valence-electron chi connectivity index (χ3n) is 6.05. The molecule has 1 aliphatic rings. The van der Waals surface area contributed by atoms with Crippen LogP contribution in [0.25, 0.3) is 4.85 Å². The number of hydrogen-bond donors (Lipinski definition) is 4. The number of β-amino-alcohol motifs (C(OH)–C–C–N with tert-alkyl or cyclic N) is 1. The Balaban J connectivity index is 1.61. The van der Waals surface area contributed by atoms with Gasteiger partial charge in [0.25, 0.3) is 5.91 Å². The van der Waals surface area contributed by atoms with Crippen LogP contribution in [0.4, 0.5) is 11.4 Å². The molecule has 190 valence electrons. The van der Waals surface area contributed by atoms with Crippen molar-refractivity contribution in [1.82, 2.24) is 15.6 Å². The topological polar surface area (TPSA) is 120 Å². The highest BCUT2D eigenvalue weighted by molar-refractivity contribution is 5.99. The molecule has 0 saturated carbocycles. The van der Waals surface area contributed by atoms with Crippen molar-refractivity contribution in [3.05, 3.63) is 64.8 Å². The summed E-state index contributed by atoms with van der Waals surface area (Å²) >= 11 is 0. The van der Waals surface area contributed by atoms with Gasteiger partial charge in [0.05, 0.1) is 43.2 Å². The zero-order chi connectivity index (χ0) is 26.3. The number of aliphatic imine (C=N–C) groups is 1. The quantitative estimate of drug-likeness (QED) is 0.420. The van der Waals surface area contributed by atoms with Crippen molar-refractivity contribution in [3.8, 4) is 0 Å². The molecule has 3 rings (SSSR count). The largest absolute Gasteiger partial charge is 0.389 e. The van der Waals surface area contributed by atoms with E-state index in [2.05, 4.69) is 57.6 Å². The second-order valence-corrected chi connectivity index (χ2v) is 10.0. The molecule has 0 spiro atoms. The van der Waals surface area contributed by atoms with Crippen LogP contribution < -0.4 is 16.0 Å². The predicted octanol–water partition coefficient (Wildman–Crippen LogP) is 3.54. The van der Waals surface area contributed by atoms with Crippen molar-refractivity contribution in [2.24, 2.45) is 4.99 Å². The van der Waals surface area contributed by atoms with Gasteiger partial charge >= 0.3 is 0 Å². The first-order chi connectivity index (χ1) is 17.1. The Morgan fingerprint density at radius 1 is 1.25 bits per heavy atom. The fraction of sp³-hybridized carbons (Fsp3) is 0.444. The molecule has 9 heteroatoms. The van der Waals surface area contributed by atoms with Gasteiger partial charge in [-0.25, -0.2) is 4.85 Å². The SMILES string of the molecule is [C-]#[N+]c1cc([C@H](CC)CC(=O)CNC(=O)c2cncc(NC3=NCC(O)CN3)c2)cc(C(C)(C)C)c1. The molecular formula is C27H34N6O3. The van der Waals surface area contributed by atoms with Crippen molar-refractivity contribution in [1.29, 1.82) is 0 Å². The molecule has 0 fully saturated rings. The number of pyridine rings is 1. The number of aromatic nitrogens is 1. The van der Waals surface area contributed by atoms with Gasteiger partial charge in [-0.1, -0.05) is 57.0 Å².